The van der Waals surface area contributed by atoms with E-state index in [1.165, 1.54) is 7.11 Å². The molecule has 33 heavy (non-hydrogen) atoms. The maximum Gasteiger partial charge on any atom is 0.338 e. The maximum atomic E-state index is 12.7. The van der Waals surface area contributed by atoms with E-state index in [0.29, 0.717) is 28.2 Å². The fraction of sp³-hybridized carbons (Fsp3) is 0.250. The first-order valence-electron chi connectivity index (χ1n) is 10.5. The molecule has 1 fully saturated rings. The zero-order chi connectivity index (χ0) is 23.4. The summed E-state index contributed by atoms with van der Waals surface area (Å²) in [6.07, 6.45) is 0.985. The number of carbonyl (C=O) groups is 2. The van der Waals surface area contributed by atoms with Crippen molar-refractivity contribution in [3.05, 3.63) is 70.9 Å². The molecule has 1 saturated heterocycles. The lowest BCUT2D eigenvalue weighted by Crippen LogP contribution is -2.42. The highest BCUT2D eigenvalue weighted by Crippen LogP contribution is 2.40. The monoisotopic (exact) mass is 461 g/mol. The number of benzene rings is 2. The third-order valence-electron chi connectivity index (χ3n) is 5.40. The van der Waals surface area contributed by atoms with Crippen molar-refractivity contribution < 1.29 is 14.3 Å². The van der Waals surface area contributed by atoms with E-state index in [2.05, 4.69) is 20.5 Å². The van der Waals surface area contributed by atoms with Crippen LogP contribution in [-0.4, -0.2) is 41.5 Å². The number of nitrogens with zero attached hydrogens (tertiary/aromatic N) is 3. The van der Waals surface area contributed by atoms with Crippen molar-refractivity contribution in [3.63, 3.8) is 0 Å². The molecular formula is C24H23N5O3S. The summed E-state index contributed by atoms with van der Waals surface area (Å²) < 4.78 is 5.07. The van der Waals surface area contributed by atoms with Gasteiger partial charge in [-0.3, -0.25) is 0 Å². The number of nitrogens with one attached hydrogen (secondary N) is 2. The van der Waals surface area contributed by atoms with Crippen LogP contribution in [0.3, 0.4) is 0 Å². The number of aliphatic imine (C=N–C) groups is 1. The van der Waals surface area contributed by atoms with Gasteiger partial charge in [-0.15, -0.1) is 0 Å². The van der Waals surface area contributed by atoms with E-state index in [4.69, 9.17) is 10.00 Å². The lowest BCUT2D eigenvalue weighted by molar-refractivity contribution is -0.136. The summed E-state index contributed by atoms with van der Waals surface area (Å²) in [5.74, 6) is 0.577. The molecule has 0 spiro atoms. The van der Waals surface area contributed by atoms with E-state index in [1.807, 2.05) is 31.2 Å². The molecule has 168 valence electrons. The summed E-state index contributed by atoms with van der Waals surface area (Å²) >= 11 is 1.68. The third kappa shape index (κ3) is 4.86. The Morgan fingerprint density at radius 3 is 2.67 bits per heavy atom. The molecule has 0 bridgehead atoms. The van der Waals surface area contributed by atoms with E-state index in [-0.39, 0.29) is 6.04 Å². The van der Waals surface area contributed by atoms with Crippen molar-refractivity contribution in [2.45, 2.75) is 19.4 Å². The van der Waals surface area contributed by atoms with Gasteiger partial charge in [-0.1, -0.05) is 23.9 Å². The molecule has 0 unspecified atom stereocenters. The second kappa shape index (κ2) is 9.79. The third-order valence-corrected chi connectivity index (χ3v) is 6.47. The first kappa shape index (κ1) is 22.4. The number of thioether (sulfide) groups is 1. The number of rotatable bonds is 4. The van der Waals surface area contributed by atoms with Gasteiger partial charge in [0.1, 0.15) is 0 Å². The topological polar surface area (TPSA) is 107 Å². The summed E-state index contributed by atoms with van der Waals surface area (Å²) in [7, 11) is 1.37. The lowest BCUT2D eigenvalue weighted by Gasteiger charge is -2.40. The van der Waals surface area contributed by atoms with Gasteiger partial charge in [-0.2, -0.15) is 5.26 Å². The number of methoxy groups -OCH3 is 1. The van der Waals surface area contributed by atoms with Crippen molar-refractivity contribution in [3.8, 4) is 6.07 Å². The Hall–Kier alpha value is -3.77. The van der Waals surface area contributed by atoms with Gasteiger partial charge in [0.15, 0.2) is 5.17 Å². The minimum absolute atomic E-state index is 0.346. The highest BCUT2D eigenvalue weighted by Gasteiger charge is 2.37. The molecule has 2 heterocycles. The van der Waals surface area contributed by atoms with Gasteiger partial charge < -0.3 is 20.3 Å². The number of ether oxygens (including phenoxy) is 1. The van der Waals surface area contributed by atoms with Crippen molar-refractivity contribution in [2.75, 3.05) is 30.0 Å². The van der Waals surface area contributed by atoms with Crippen LogP contribution >= 0.6 is 11.8 Å². The van der Waals surface area contributed by atoms with Crippen LogP contribution in [0.2, 0.25) is 0 Å². The Balaban J connectivity index is 1.58. The molecule has 0 aromatic heterocycles. The SMILES string of the molecule is COC(=O)C1=C(C)N=C2SCCCN2[C@@H]1c1cccc(NC(=O)Nc2ccc(C#N)cc2)c1. The van der Waals surface area contributed by atoms with Crippen LogP contribution in [-0.2, 0) is 9.53 Å². The van der Waals surface area contributed by atoms with Crippen LogP contribution in [0.5, 0.6) is 0 Å². The number of fused-ring (bicyclic) bond motifs is 1. The van der Waals surface area contributed by atoms with Gasteiger partial charge >= 0.3 is 12.0 Å². The normalized spacial score (nSPS) is 17.4. The van der Waals surface area contributed by atoms with Gasteiger partial charge in [-0.05, 0) is 55.3 Å². The molecule has 0 aliphatic carbocycles. The standard InChI is InChI=1S/C24H23N5O3S/c1-15-20(22(30)32-2)21(29-11-4-12-33-24(29)26-15)17-5-3-6-19(13-17)28-23(31)27-18-9-7-16(14-25)8-10-18/h3,5-10,13,21H,4,11-12H2,1-2H3,(H2,27,28,31)/t21-/m1/s1. The molecule has 0 radical (unpaired) electrons. The Bertz CT molecular complexity index is 1180. The molecule has 4 rings (SSSR count). The highest BCUT2D eigenvalue weighted by molar-refractivity contribution is 8.13. The number of esters is 1. The minimum Gasteiger partial charge on any atom is -0.466 e. The van der Waals surface area contributed by atoms with Gasteiger partial charge in [0, 0.05) is 23.7 Å². The number of carbonyl (C=O) groups excluding carboxylic acids is 2. The molecule has 9 heteroatoms. The molecule has 2 aromatic rings. The average molecular weight is 462 g/mol. The molecule has 8 nitrogen and oxygen atoms in total. The number of hydrogen-bond acceptors (Lipinski definition) is 7. The van der Waals surface area contributed by atoms with Crippen molar-refractivity contribution in [1.82, 2.24) is 4.90 Å². The summed E-state index contributed by atoms with van der Waals surface area (Å²) in [5, 5.41) is 15.4. The zero-order valence-electron chi connectivity index (χ0n) is 18.3. The van der Waals surface area contributed by atoms with Crippen molar-refractivity contribution in [2.24, 2.45) is 4.99 Å². The minimum atomic E-state index is -0.409. The number of amides is 2. The quantitative estimate of drug-likeness (QED) is 0.650. The number of hydrogen-bond donors (Lipinski definition) is 2. The van der Waals surface area contributed by atoms with Crippen LogP contribution in [0.15, 0.2) is 64.8 Å². The first-order chi connectivity index (χ1) is 16.0. The molecule has 2 N–H and O–H groups in total. The predicted molar refractivity (Wildman–Crippen MR) is 129 cm³/mol. The smallest absolute Gasteiger partial charge is 0.338 e. The second-order valence-corrected chi connectivity index (χ2v) is 8.64. The average Bonchev–Trinajstić information content (AvgIpc) is 2.83. The summed E-state index contributed by atoms with van der Waals surface area (Å²) in [6, 6.07) is 15.3. The summed E-state index contributed by atoms with van der Waals surface area (Å²) in [5.41, 5.74) is 3.69. The highest BCUT2D eigenvalue weighted by atomic mass is 32.2. The van der Waals surface area contributed by atoms with Crippen molar-refractivity contribution >= 4 is 40.3 Å². The number of amidine groups is 1. The second-order valence-electron chi connectivity index (χ2n) is 7.58. The zero-order valence-corrected chi connectivity index (χ0v) is 19.1. The maximum absolute atomic E-state index is 12.7. The summed E-state index contributed by atoms with van der Waals surface area (Å²) in [6.45, 7) is 2.60. The Morgan fingerprint density at radius 1 is 1.18 bits per heavy atom. The lowest BCUT2D eigenvalue weighted by atomic mass is 9.94. The van der Waals surface area contributed by atoms with Gasteiger partial charge in [0.05, 0.1) is 36.1 Å². The Labute approximate surface area is 196 Å². The largest absolute Gasteiger partial charge is 0.466 e. The Kier molecular flexibility index (Phi) is 6.66. The van der Waals surface area contributed by atoms with Gasteiger partial charge in [0.2, 0.25) is 0 Å². The molecule has 1 atom stereocenters. The number of nitriles is 1. The molecule has 2 aromatic carbocycles. The molecule has 2 amide bonds. The fourth-order valence-corrected chi connectivity index (χ4v) is 4.91. The van der Waals surface area contributed by atoms with E-state index in [0.717, 1.165) is 29.4 Å². The number of allylic oxidation sites excluding steroid dienone is 1. The van der Waals surface area contributed by atoms with Gasteiger partial charge in [-0.25, -0.2) is 14.6 Å². The molecule has 2 aliphatic rings. The first-order valence-corrected chi connectivity index (χ1v) is 11.4. The van der Waals surface area contributed by atoms with Crippen LogP contribution in [0.4, 0.5) is 16.2 Å². The van der Waals surface area contributed by atoms with Crippen LogP contribution in [0.25, 0.3) is 0 Å². The van der Waals surface area contributed by atoms with Crippen molar-refractivity contribution in [1.29, 1.82) is 5.26 Å². The summed E-state index contributed by atoms with van der Waals surface area (Å²) in [4.78, 5) is 32.0. The van der Waals surface area contributed by atoms with Crippen LogP contribution in [0.1, 0.15) is 30.5 Å². The molecule has 0 saturated carbocycles. The van der Waals surface area contributed by atoms with Gasteiger partial charge in [0.25, 0.3) is 0 Å². The predicted octanol–water partition coefficient (Wildman–Crippen LogP) is 4.50. The molecule has 2 aliphatic heterocycles. The van der Waals surface area contributed by atoms with E-state index < -0.39 is 12.0 Å². The van der Waals surface area contributed by atoms with E-state index in [9.17, 15) is 9.59 Å². The van der Waals surface area contributed by atoms with Crippen LogP contribution < -0.4 is 10.6 Å². The molecular weight excluding hydrogens is 438 g/mol. The van der Waals surface area contributed by atoms with E-state index >= 15 is 0 Å². The number of anilines is 2. The number of urea groups is 1. The van der Waals surface area contributed by atoms with E-state index in [1.54, 1.807) is 42.1 Å². The fourth-order valence-electron chi connectivity index (χ4n) is 3.89. The Morgan fingerprint density at radius 2 is 1.94 bits per heavy atom. The van der Waals surface area contributed by atoms with Crippen LogP contribution in [0, 0.1) is 11.3 Å².